The van der Waals surface area contributed by atoms with Crippen molar-refractivity contribution in [2.24, 2.45) is 0 Å². The maximum Gasteiger partial charge on any atom is 1.00 e. The second-order valence-corrected chi connectivity index (χ2v) is 2.82. The molecule has 2 nitrogen and oxygen atoms in total. The number of hydrogen-bond acceptors (Lipinski definition) is 2. The first-order valence-corrected chi connectivity index (χ1v) is 3.63. The largest absolute Gasteiger partial charge is 1.00 e. The SMILES string of the molecule is [Na+].[Na+].[O-]B([O-])c1ccc(Cl)c(Cl)c1. The van der Waals surface area contributed by atoms with Gasteiger partial charge in [-0.05, 0) is 6.07 Å². The minimum atomic E-state index is -2.00. The van der Waals surface area contributed by atoms with Crippen LogP contribution in [-0.4, -0.2) is 7.12 Å². The molecule has 13 heavy (non-hydrogen) atoms. The van der Waals surface area contributed by atoms with Crippen LogP contribution in [0, 0.1) is 0 Å². The van der Waals surface area contributed by atoms with Gasteiger partial charge in [-0.15, -0.1) is 5.46 Å². The van der Waals surface area contributed by atoms with Crippen LogP contribution in [0.5, 0.6) is 0 Å². The molecule has 0 N–H and O–H groups in total. The van der Waals surface area contributed by atoms with Crippen molar-refractivity contribution >= 4 is 35.8 Å². The van der Waals surface area contributed by atoms with Crippen LogP contribution in [0.15, 0.2) is 18.2 Å². The monoisotopic (exact) mass is 234 g/mol. The molecule has 0 aliphatic heterocycles. The molecule has 1 aromatic rings. The van der Waals surface area contributed by atoms with Gasteiger partial charge >= 0.3 is 59.1 Å². The molecule has 0 radical (unpaired) electrons. The molecule has 0 amide bonds. The zero-order valence-electron chi connectivity index (χ0n) is 7.38. The Bertz CT molecular complexity index is 273. The Hall–Kier alpha value is 1.78. The molecule has 58 valence electrons. The molecule has 7 heteroatoms. The van der Waals surface area contributed by atoms with E-state index in [1.165, 1.54) is 18.2 Å². The van der Waals surface area contributed by atoms with E-state index in [0.717, 1.165) is 0 Å². The molecule has 1 rings (SSSR count). The Morgan fingerprint density at radius 2 is 1.54 bits per heavy atom. The summed E-state index contributed by atoms with van der Waals surface area (Å²) in [5, 5.41) is 21.3. The van der Waals surface area contributed by atoms with Gasteiger partial charge < -0.3 is 10.0 Å². The van der Waals surface area contributed by atoms with Crippen LogP contribution in [-0.2, 0) is 0 Å². The van der Waals surface area contributed by atoms with Crippen molar-refractivity contribution in [2.75, 3.05) is 0 Å². The summed E-state index contributed by atoms with van der Waals surface area (Å²) >= 11 is 11.1. The van der Waals surface area contributed by atoms with Crippen molar-refractivity contribution in [1.29, 1.82) is 0 Å². The summed E-state index contributed by atoms with van der Waals surface area (Å²) in [6.45, 7) is 0. The van der Waals surface area contributed by atoms with E-state index in [9.17, 15) is 10.0 Å². The van der Waals surface area contributed by atoms with Crippen molar-refractivity contribution < 1.29 is 69.2 Å². The summed E-state index contributed by atoms with van der Waals surface area (Å²) in [6, 6.07) is 4.09. The molecule has 0 bridgehead atoms. The van der Waals surface area contributed by atoms with Crippen LogP contribution < -0.4 is 74.6 Å². The summed E-state index contributed by atoms with van der Waals surface area (Å²) in [5.41, 5.74) is 0.111. The minimum Gasteiger partial charge on any atom is -0.889 e. The van der Waals surface area contributed by atoms with Gasteiger partial charge in [0, 0.05) is 0 Å². The van der Waals surface area contributed by atoms with Crippen LogP contribution in [0.25, 0.3) is 0 Å². The van der Waals surface area contributed by atoms with Gasteiger partial charge in [0.25, 0.3) is 0 Å². The second-order valence-electron chi connectivity index (χ2n) is 2.01. The summed E-state index contributed by atoms with van der Waals surface area (Å²) in [6.07, 6.45) is 0. The van der Waals surface area contributed by atoms with Crippen molar-refractivity contribution in [2.45, 2.75) is 0 Å². The molecule has 0 unspecified atom stereocenters. The minimum absolute atomic E-state index is 0. The fourth-order valence-electron chi connectivity index (χ4n) is 0.659. The maximum atomic E-state index is 10.3. The van der Waals surface area contributed by atoms with Gasteiger partial charge in [0.1, 0.15) is 0 Å². The van der Waals surface area contributed by atoms with E-state index in [1.54, 1.807) is 0 Å². The normalized spacial score (nSPS) is 8.31. The van der Waals surface area contributed by atoms with E-state index < -0.39 is 7.12 Å². The molecule has 0 aliphatic rings. The van der Waals surface area contributed by atoms with Gasteiger partial charge in [0.05, 0.1) is 10.0 Å². The van der Waals surface area contributed by atoms with Crippen molar-refractivity contribution in [3.8, 4) is 0 Å². The van der Waals surface area contributed by atoms with E-state index in [4.69, 9.17) is 23.2 Å². The predicted octanol–water partition coefficient (Wildman–Crippen LogP) is -6.58. The Morgan fingerprint density at radius 3 is 1.92 bits per heavy atom. The first-order valence-electron chi connectivity index (χ1n) is 2.88. The van der Waals surface area contributed by atoms with Crippen LogP contribution in [0.1, 0.15) is 0 Å². The van der Waals surface area contributed by atoms with Gasteiger partial charge in [-0.3, -0.25) is 0 Å². The number of hydrogen-bond donors (Lipinski definition) is 0. The van der Waals surface area contributed by atoms with Crippen LogP contribution in [0.4, 0.5) is 0 Å². The van der Waals surface area contributed by atoms with Gasteiger partial charge in [-0.2, -0.15) is 0 Å². The second kappa shape index (κ2) is 8.00. The molecule has 0 saturated heterocycles. The van der Waals surface area contributed by atoms with Crippen LogP contribution in [0.2, 0.25) is 10.0 Å². The zero-order valence-corrected chi connectivity index (χ0v) is 12.9. The number of benzene rings is 1. The molecular weight excluding hydrogens is 232 g/mol. The third kappa shape index (κ3) is 5.43. The van der Waals surface area contributed by atoms with Crippen LogP contribution >= 0.6 is 23.2 Å². The summed E-state index contributed by atoms with van der Waals surface area (Å²) < 4.78 is 0. The number of rotatable bonds is 1. The van der Waals surface area contributed by atoms with E-state index in [0.29, 0.717) is 5.02 Å². The molecule has 0 aromatic heterocycles. The van der Waals surface area contributed by atoms with E-state index >= 15 is 0 Å². The molecule has 0 atom stereocenters. The summed E-state index contributed by atoms with van der Waals surface area (Å²) in [7, 11) is -2.00. The van der Waals surface area contributed by atoms with Gasteiger partial charge in [0.2, 0.25) is 0 Å². The standard InChI is InChI=1S/C6H3BCl2O2.2Na/c8-5-2-1-4(7(10)11)3-6(5)9;;/h1-3H;;/q-2;2*+1. The Kier molecular flexibility index (Phi) is 10.6. The van der Waals surface area contributed by atoms with Gasteiger partial charge in [0.15, 0.2) is 0 Å². The molecule has 0 saturated carbocycles. The Labute approximate surface area is 131 Å². The van der Waals surface area contributed by atoms with E-state index in [2.05, 4.69) is 0 Å². The topological polar surface area (TPSA) is 46.1 Å². The van der Waals surface area contributed by atoms with Crippen molar-refractivity contribution in [1.82, 2.24) is 0 Å². The Balaban J connectivity index is 0. The first-order chi connectivity index (χ1) is 5.11. The average Bonchev–Trinajstić information content (AvgIpc) is 1.94. The van der Waals surface area contributed by atoms with Crippen molar-refractivity contribution in [3.63, 3.8) is 0 Å². The molecule has 0 spiro atoms. The zero-order chi connectivity index (χ0) is 8.43. The van der Waals surface area contributed by atoms with Crippen molar-refractivity contribution in [3.05, 3.63) is 28.2 Å². The fraction of sp³-hybridized carbons (Fsp3) is 0. The molecular formula is C6H3BCl2Na2O2. The predicted molar refractivity (Wildman–Crippen MR) is 41.9 cm³/mol. The fourth-order valence-corrected chi connectivity index (χ4v) is 0.966. The third-order valence-corrected chi connectivity index (χ3v) is 1.95. The summed E-state index contributed by atoms with van der Waals surface area (Å²) in [4.78, 5) is 0. The smallest absolute Gasteiger partial charge is 0.889 e. The van der Waals surface area contributed by atoms with E-state index in [-0.39, 0.29) is 69.6 Å². The first kappa shape index (κ1) is 17.2. The molecule has 0 fully saturated rings. The third-order valence-electron chi connectivity index (χ3n) is 1.22. The van der Waals surface area contributed by atoms with Gasteiger partial charge in [-0.1, -0.05) is 42.5 Å². The molecule has 0 aliphatic carbocycles. The maximum absolute atomic E-state index is 10.3. The quantitative estimate of drug-likeness (QED) is 0.454. The molecule has 0 heterocycles. The summed E-state index contributed by atoms with van der Waals surface area (Å²) in [5.74, 6) is 0. The van der Waals surface area contributed by atoms with Crippen LogP contribution in [0.3, 0.4) is 0 Å². The van der Waals surface area contributed by atoms with Gasteiger partial charge in [-0.25, -0.2) is 0 Å². The average molecular weight is 235 g/mol. The van der Waals surface area contributed by atoms with E-state index in [1.807, 2.05) is 0 Å². The number of halogens is 2. The Morgan fingerprint density at radius 1 is 1.00 bits per heavy atom. The molecule has 1 aromatic carbocycles.